The first-order valence-corrected chi connectivity index (χ1v) is 10.4. The van der Waals surface area contributed by atoms with Crippen LogP contribution in [0.1, 0.15) is 34.8 Å². The fourth-order valence-electron chi connectivity index (χ4n) is 4.44. The van der Waals surface area contributed by atoms with E-state index >= 15 is 0 Å². The summed E-state index contributed by atoms with van der Waals surface area (Å²) in [5.41, 5.74) is 4.02. The highest BCUT2D eigenvalue weighted by atomic mass is 35.5. The molecule has 30 heavy (non-hydrogen) atoms. The summed E-state index contributed by atoms with van der Waals surface area (Å²) in [6, 6.07) is 9.81. The molecule has 7 heteroatoms. The highest BCUT2D eigenvalue weighted by Crippen LogP contribution is 2.28. The Bertz CT molecular complexity index is 881. The third-order valence-corrected chi connectivity index (χ3v) is 5.98. The van der Waals surface area contributed by atoms with Gasteiger partial charge >= 0.3 is 0 Å². The van der Waals surface area contributed by atoms with Crippen LogP contribution in [0.25, 0.3) is 0 Å². The summed E-state index contributed by atoms with van der Waals surface area (Å²) in [4.78, 5) is 23.7. The van der Waals surface area contributed by atoms with Crippen molar-refractivity contribution in [3.63, 3.8) is 0 Å². The lowest BCUT2D eigenvalue weighted by Gasteiger charge is -2.36. The molecule has 2 aliphatic heterocycles. The fourth-order valence-corrected chi connectivity index (χ4v) is 4.44. The van der Waals surface area contributed by atoms with Crippen LogP contribution in [0, 0.1) is 19.8 Å². The zero-order valence-electron chi connectivity index (χ0n) is 17.9. The highest BCUT2D eigenvalue weighted by molar-refractivity contribution is 5.94. The van der Waals surface area contributed by atoms with Gasteiger partial charge in [-0.1, -0.05) is 13.0 Å². The van der Waals surface area contributed by atoms with E-state index in [1.54, 1.807) is 0 Å². The van der Waals surface area contributed by atoms with E-state index in [2.05, 4.69) is 36.7 Å². The summed E-state index contributed by atoms with van der Waals surface area (Å²) in [6.45, 7) is 10.1. The van der Waals surface area contributed by atoms with Crippen LogP contribution in [0.5, 0.6) is 0 Å². The maximum Gasteiger partial charge on any atom is 0.253 e. The van der Waals surface area contributed by atoms with E-state index in [9.17, 15) is 9.90 Å². The molecule has 3 heterocycles. The van der Waals surface area contributed by atoms with Crippen molar-refractivity contribution < 1.29 is 9.90 Å². The Kier molecular flexibility index (Phi) is 6.88. The van der Waals surface area contributed by atoms with Gasteiger partial charge < -0.3 is 19.8 Å². The molecule has 162 valence electrons. The van der Waals surface area contributed by atoms with Gasteiger partial charge in [-0.15, -0.1) is 12.4 Å². The summed E-state index contributed by atoms with van der Waals surface area (Å²) >= 11 is 0. The van der Waals surface area contributed by atoms with E-state index in [0.29, 0.717) is 24.6 Å². The van der Waals surface area contributed by atoms with Crippen molar-refractivity contribution in [2.75, 3.05) is 42.5 Å². The first kappa shape index (κ1) is 22.4. The molecule has 1 N–H and O–H groups in total. The summed E-state index contributed by atoms with van der Waals surface area (Å²) in [5, 5.41) is 10.2. The van der Waals surface area contributed by atoms with Crippen molar-refractivity contribution >= 4 is 29.8 Å². The van der Waals surface area contributed by atoms with Crippen molar-refractivity contribution in [3.05, 3.63) is 53.2 Å². The molecule has 0 aliphatic carbocycles. The number of hydrogen-bond acceptors (Lipinski definition) is 5. The van der Waals surface area contributed by atoms with E-state index < -0.39 is 6.23 Å². The minimum atomic E-state index is -0.432. The molecule has 2 aromatic rings. The summed E-state index contributed by atoms with van der Waals surface area (Å²) in [7, 11) is 0. The molecule has 1 aromatic carbocycles. The average molecular weight is 431 g/mol. The van der Waals surface area contributed by atoms with Crippen LogP contribution in [0.3, 0.4) is 0 Å². The van der Waals surface area contributed by atoms with Gasteiger partial charge in [-0.3, -0.25) is 4.79 Å². The number of nitrogens with zero attached hydrogens (tertiary/aromatic N) is 4. The molecular formula is C23H31ClN4O2. The number of piperazine rings is 1. The topological polar surface area (TPSA) is 59.9 Å². The second kappa shape index (κ2) is 9.23. The van der Waals surface area contributed by atoms with Crippen LogP contribution in [-0.2, 0) is 0 Å². The number of halogens is 1. The predicted octanol–water partition coefficient (Wildman–Crippen LogP) is 3.25. The molecule has 0 saturated carbocycles. The summed E-state index contributed by atoms with van der Waals surface area (Å²) in [5.74, 6) is 1.57. The van der Waals surface area contributed by atoms with Gasteiger partial charge in [0.2, 0.25) is 0 Å². The van der Waals surface area contributed by atoms with E-state index in [4.69, 9.17) is 0 Å². The number of benzene rings is 1. The molecular weight excluding hydrogens is 400 g/mol. The molecule has 0 radical (unpaired) electrons. The number of aliphatic hydroxyl groups is 1. The van der Waals surface area contributed by atoms with E-state index in [0.717, 1.165) is 37.6 Å². The lowest BCUT2D eigenvalue weighted by atomic mass is 10.1. The monoisotopic (exact) mass is 430 g/mol. The van der Waals surface area contributed by atoms with Gasteiger partial charge in [-0.05, 0) is 61.6 Å². The SMILES string of the molecule is Cc1cnc(N2CCN(C(=O)c3ccc(N4CC(C)CC4O)cc3)CC2)c(C)c1.Cl. The van der Waals surface area contributed by atoms with Gasteiger partial charge in [-0.2, -0.15) is 0 Å². The van der Waals surface area contributed by atoms with Crippen molar-refractivity contribution in [1.82, 2.24) is 9.88 Å². The van der Waals surface area contributed by atoms with Gasteiger partial charge in [0.25, 0.3) is 5.91 Å². The van der Waals surface area contributed by atoms with E-state index in [1.807, 2.05) is 40.3 Å². The van der Waals surface area contributed by atoms with Gasteiger partial charge in [0.15, 0.2) is 0 Å². The number of pyridine rings is 1. The van der Waals surface area contributed by atoms with Crippen molar-refractivity contribution in [2.45, 2.75) is 33.4 Å². The van der Waals surface area contributed by atoms with Crippen LogP contribution in [-0.4, -0.2) is 59.8 Å². The second-order valence-corrected chi connectivity index (χ2v) is 8.45. The predicted molar refractivity (Wildman–Crippen MR) is 123 cm³/mol. The maximum absolute atomic E-state index is 12.9. The van der Waals surface area contributed by atoms with Crippen LogP contribution in [0.15, 0.2) is 36.5 Å². The quantitative estimate of drug-likeness (QED) is 0.809. The number of rotatable bonds is 3. The molecule has 2 aliphatic rings. The maximum atomic E-state index is 12.9. The Labute approximate surface area is 184 Å². The number of anilines is 2. The third-order valence-electron chi connectivity index (χ3n) is 5.98. The van der Waals surface area contributed by atoms with Gasteiger partial charge in [0.05, 0.1) is 0 Å². The van der Waals surface area contributed by atoms with Crippen LogP contribution < -0.4 is 9.80 Å². The van der Waals surface area contributed by atoms with Crippen molar-refractivity contribution in [2.24, 2.45) is 5.92 Å². The lowest BCUT2D eigenvalue weighted by Crippen LogP contribution is -2.49. The minimum absolute atomic E-state index is 0. The smallest absolute Gasteiger partial charge is 0.253 e. The Morgan fingerprint density at radius 3 is 2.33 bits per heavy atom. The number of aryl methyl sites for hydroxylation is 2. The number of aliphatic hydroxyl groups excluding tert-OH is 1. The molecule has 1 aromatic heterocycles. The number of amides is 1. The van der Waals surface area contributed by atoms with Crippen LogP contribution in [0.4, 0.5) is 11.5 Å². The van der Waals surface area contributed by atoms with E-state index in [-0.39, 0.29) is 18.3 Å². The number of hydrogen-bond donors (Lipinski definition) is 1. The zero-order chi connectivity index (χ0) is 20.5. The molecule has 0 bridgehead atoms. The third kappa shape index (κ3) is 4.55. The number of carbonyl (C=O) groups excluding carboxylic acids is 1. The summed E-state index contributed by atoms with van der Waals surface area (Å²) < 4.78 is 0. The molecule has 4 rings (SSSR count). The van der Waals surface area contributed by atoms with Gasteiger partial charge in [0.1, 0.15) is 12.0 Å². The Morgan fingerprint density at radius 2 is 1.77 bits per heavy atom. The Balaban J connectivity index is 0.00000256. The fraction of sp³-hybridized carbons (Fsp3) is 0.478. The molecule has 6 nitrogen and oxygen atoms in total. The second-order valence-electron chi connectivity index (χ2n) is 8.45. The first-order valence-electron chi connectivity index (χ1n) is 10.4. The van der Waals surface area contributed by atoms with Crippen LogP contribution >= 0.6 is 12.4 Å². The highest BCUT2D eigenvalue weighted by Gasteiger charge is 2.28. The van der Waals surface area contributed by atoms with Gasteiger partial charge in [0, 0.05) is 50.2 Å². The Hall–Kier alpha value is -2.31. The lowest BCUT2D eigenvalue weighted by molar-refractivity contribution is 0.0746. The Morgan fingerprint density at radius 1 is 1.10 bits per heavy atom. The molecule has 2 atom stereocenters. The molecule has 2 unspecified atom stereocenters. The zero-order valence-corrected chi connectivity index (χ0v) is 18.7. The molecule has 2 fully saturated rings. The van der Waals surface area contributed by atoms with Crippen LogP contribution in [0.2, 0.25) is 0 Å². The number of aromatic nitrogens is 1. The standard InChI is InChI=1S/C23H30N4O2.ClH/c1-16-12-18(3)22(24-14-16)25-8-10-26(11-9-25)23(29)19-4-6-20(7-5-19)27-15-17(2)13-21(27)28;/h4-7,12,14,17,21,28H,8-11,13,15H2,1-3H3;1H. The molecule has 1 amide bonds. The average Bonchev–Trinajstić information content (AvgIpc) is 3.06. The van der Waals surface area contributed by atoms with Crippen molar-refractivity contribution in [1.29, 1.82) is 0 Å². The normalized spacial score (nSPS) is 21.5. The molecule has 0 spiro atoms. The molecule has 2 saturated heterocycles. The number of carbonyl (C=O) groups is 1. The minimum Gasteiger partial charge on any atom is -0.374 e. The van der Waals surface area contributed by atoms with Crippen molar-refractivity contribution in [3.8, 4) is 0 Å². The first-order chi connectivity index (χ1) is 13.9. The van der Waals surface area contributed by atoms with Gasteiger partial charge in [-0.25, -0.2) is 4.98 Å². The largest absolute Gasteiger partial charge is 0.374 e. The summed E-state index contributed by atoms with van der Waals surface area (Å²) in [6.07, 6.45) is 2.26. The van der Waals surface area contributed by atoms with E-state index in [1.165, 1.54) is 11.1 Å².